The molecule has 1 saturated heterocycles. The Morgan fingerprint density at radius 2 is 2.15 bits per heavy atom. The number of fused-ring (bicyclic) bond motifs is 1. The molecule has 0 radical (unpaired) electrons. The third kappa shape index (κ3) is 3.40. The number of aryl methyl sites for hydroxylation is 2. The van der Waals surface area contributed by atoms with E-state index in [1.807, 2.05) is 13.8 Å². The van der Waals surface area contributed by atoms with Crippen LogP contribution in [0.25, 0.3) is 10.9 Å². The van der Waals surface area contributed by atoms with E-state index in [2.05, 4.69) is 16.9 Å². The highest BCUT2D eigenvalue weighted by molar-refractivity contribution is 6.10. The minimum absolute atomic E-state index is 0.0801. The number of benzene rings is 1. The first kappa shape index (κ1) is 18.9. The molecule has 2 heterocycles. The van der Waals surface area contributed by atoms with E-state index in [0.29, 0.717) is 23.9 Å². The van der Waals surface area contributed by atoms with Gasteiger partial charge in [-0.1, -0.05) is 6.58 Å². The lowest BCUT2D eigenvalue weighted by atomic mass is 9.99. The van der Waals surface area contributed by atoms with Gasteiger partial charge < -0.3 is 26.0 Å². The van der Waals surface area contributed by atoms with Crippen molar-refractivity contribution in [2.75, 3.05) is 18.0 Å². The molecule has 7 nitrogen and oxygen atoms in total. The molecular weight excluding hydrogens is 351 g/mol. The molecule has 0 spiro atoms. The molecular formula is C19H23FN4O3. The van der Waals surface area contributed by atoms with Gasteiger partial charge in [-0.3, -0.25) is 9.59 Å². The van der Waals surface area contributed by atoms with Crippen molar-refractivity contribution in [3.05, 3.63) is 41.4 Å². The number of aromatic amines is 1. The number of aliphatic hydroxyl groups is 1. The fraction of sp³-hybridized carbons (Fsp3) is 0.368. The number of hydrogen-bond donors (Lipinski definition) is 4. The van der Waals surface area contributed by atoms with Crippen LogP contribution in [0.2, 0.25) is 0 Å². The molecule has 1 aliphatic rings. The molecule has 0 bridgehead atoms. The zero-order chi connectivity index (χ0) is 19.9. The number of nitrogens with two attached hydrogens (primary N) is 1. The van der Waals surface area contributed by atoms with Gasteiger partial charge >= 0.3 is 0 Å². The Morgan fingerprint density at radius 1 is 1.44 bits per heavy atom. The number of primary amides is 1. The van der Waals surface area contributed by atoms with Gasteiger partial charge in [0, 0.05) is 30.2 Å². The molecule has 2 aromatic rings. The smallest absolute Gasteiger partial charge is 0.250 e. The third-order valence-corrected chi connectivity index (χ3v) is 5.05. The average Bonchev–Trinajstić information content (AvgIpc) is 2.88. The van der Waals surface area contributed by atoms with Crippen LogP contribution >= 0.6 is 0 Å². The maximum atomic E-state index is 15.0. The maximum absolute atomic E-state index is 15.0. The molecule has 27 heavy (non-hydrogen) atoms. The summed E-state index contributed by atoms with van der Waals surface area (Å²) in [5.74, 6) is -1.67. The van der Waals surface area contributed by atoms with Gasteiger partial charge in [0.1, 0.15) is 5.82 Å². The number of hydrogen-bond acceptors (Lipinski definition) is 4. The van der Waals surface area contributed by atoms with Crippen LogP contribution in [-0.2, 0) is 4.79 Å². The molecule has 0 unspecified atom stereocenters. The van der Waals surface area contributed by atoms with Crippen molar-refractivity contribution in [3.63, 3.8) is 0 Å². The Hall–Kier alpha value is -2.87. The minimum Gasteiger partial charge on any atom is -0.391 e. The predicted octanol–water partition coefficient (Wildman–Crippen LogP) is 1.26. The van der Waals surface area contributed by atoms with E-state index in [1.165, 1.54) is 0 Å². The third-order valence-electron chi connectivity index (χ3n) is 5.05. The van der Waals surface area contributed by atoms with E-state index >= 15 is 4.39 Å². The number of nitrogens with one attached hydrogen (secondary N) is 2. The lowest BCUT2D eigenvalue weighted by Gasteiger charge is -2.38. The number of anilines is 1. The van der Waals surface area contributed by atoms with Crippen LogP contribution in [0.15, 0.2) is 18.7 Å². The Kier molecular flexibility index (Phi) is 4.93. The van der Waals surface area contributed by atoms with Crippen LogP contribution < -0.4 is 16.0 Å². The average molecular weight is 374 g/mol. The molecule has 3 rings (SSSR count). The van der Waals surface area contributed by atoms with Gasteiger partial charge in [0.05, 0.1) is 22.9 Å². The number of piperidine rings is 1. The largest absolute Gasteiger partial charge is 0.391 e. The first-order valence-corrected chi connectivity index (χ1v) is 8.70. The Balaban J connectivity index is 2.11. The summed E-state index contributed by atoms with van der Waals surface area (Å²) in [6.45, 7) is 7.62. The number of carbonyl (C=O) groups excluding carboxylic acids is 2. The van der Waals surface area contributed by atoms with Gasteiger partial charge in [-0.25, -0.2) is 4.39 Å². The topological polar surface area (TPSA) is 111 Å². The molecule has 1 aromatic carbocycles. The van der Waals surface area contributed by atoms with Crippen molar-refractivity contribution in [1.82, 2.24) is 10.3 Å². The molecule has 2 atom stereocenters. The lowest BCUT2D eigenvalue weighted by molar-refractivity contribution is -0.117. The number of amides is 2. The van der Waals surface area contributed by atoms with E-state index < -0.39 is 17.8 Å². The molecule has 1 fully saturated rings. The Labute approximate surface area is 156 Å². The number of nitrogens with zero attached hydrogens (tertiary/aromatic N) is 1. The number of halogens is 1. The van der Waals surface area contributed by atoms with Crippen LogP contribution in [0.1, 0.15) is 28.0 Å². The highest BCUT2D eigenvalue weighted by Crippen LogP contribution is 2.37. The fourth-order valence-corrected chi connectivity index (χ4v) is 3.73. The van der Waals surface area contributed by atoms with Crippen molar-refractivity contribution < 1.29 is 19.1 Å². The summed E-state index contributed by atoms with van der Waals surface area (Å²) in [6, 6.07) is 0.762. The first-order chi connectivity index (χ1) is 12.7. The summed E-state index contributed by atoms with van der Waals surface area (Å²) in [6.07, 6.45) is 0.788. The minimum atomic E-state index is -0.737. The summed E-state index contributed by atoms with van der Waals surface area (Å²) >= 11 is 0. The van der Waals surface area contributed by atoms with Crippen LogP contribution in [0.5, 0.6) is 0 Å². The summed E-state index contributed by atoms with van der Waals surface area (Å²) in [4.78, 5) is 28.2. The summed E-state index contributed by atoms with van der Waals surface area (Å²) < 4.78 is 15.0. The van der Waals surface area contributed by atoms with Gasteiger partial charge in [-0.2, -0.15) is 0 Å². The molecule has 0 saturated carbocycles. The zero-order valence-corrected chi connectivity index (χ0v) is 15.3. The predicted molar refractivity (Wildman–Crippen MR) is 101 cm³/mol. The molecule has 5 N–H and O–H groups in total. The van der Waals surface area contributed by atoms with Gasteiger partial charge in [0.25, 0.3) is 5.91 Å². The van der Waals surface area contributed by atoms with Crippen LogP contribution in [-0.4, -0.2) is 47.1 Å². The monoisotopic (exact) mass is 374 g/mol. The van der Waals surface area contributed by atoms with Gasteiger partial charge in [0.15, 0.2) is 0 Å². The Morgan fingerprint density at radius 3 is 2.78 bits per heavy atom. The number of aromatic nitrogens is 1. The zero-order valence-electron chi connectivity index (χ0n) is 15.3. The summed E-state index contributed by atoms with van der Waals surface area (Å²) in [5.41, 5.74) is 7.85. The Bertz CT molecular complexity index is 937. The fourth-order valence-electron chi connectivity index (χ4n) is 3.73. The second-order valence-corrected chi connectivity index (χ2v) is 6.95. The van der Waals surface area contributed by atoms with E-state index in [9.17, 15) is 14.7 Å². The molecule has 144 valence electrons. The normalized spacial score (nSPS) is 19.9. The van der Waals surface area contributed by atoms with Crippen LogP contribution in [0, 0.1) is 19.7 Å². The molecule has 1 aromatic heterocycles. The van der Waals surface area contributed by atoms with Crippen molar-refractivity contribution in [2.45, 2.75) is 32.4 Å². The van der Waals surface area contributed by atoms with Gasteiger partial charge in [-0.15, -0.1) is 0 Å². The quantitative estimate of drug-likeness (QED) is 0.604. The van der Waals surface area contributed by atoms with E-state index in [0.717, 1.165) is 23.4 Å². The van der Waals surface area contributed by atoms with Crippen molar-refractivity contribution in [3.8, 4) is 0 Å². The van der Waals surface area contributed by atoms with Crippen molar-refractivity contribution in [2.24, 2.45) is 5.73 Å². The van der Waals surface area contributed by atoms with E-state index in [4.69, 9.17) is 5.73 Å². The van der Waals surface area contributed by atoms with Gasteiger partial charge in [0.2, 0.25) is 5.91 Å². The number of carbonyl (C=O) groups is 2. The lowest BCUT2D eigenvalue weighted by Crippen LogP contribution is -2.52. The van der Waals surface area contributed by atoms with E-state index in [-0.39, 0.29) is 29.7 Å². The molecule has 8 heteroatoms. The number of β-amino-alcohol motifs (C(OH)–C–C–N with tert-alkyl or cyclic N) is 1. The first-order valence-electron chi connectivity index (χ1n) is 8.70. The van der Waals surface area contributed by atoms with E-state index in [1.54, 1.807) is 4.90 Å². The summed E-state index contributed by atoms with van der Waals surface area (Å²) in [5, 5.41) is 13.6. The summed E-state index contributed by atoms with van der Waals surface area (Å²) in [7, 11) is 0. The second kappa shape index (κ2) is 7.03. The number of rotatable bonds is 4. The molecule has 1 aliphatic heterocycles. The van der Waals surface area contributed by atoms with Crippen molar-refractivity contribution >= 4 is 28.4 Å². The van der Waals surface area contributed by atoms with Crippen LogP contribution in [0.4, 0.5) is 10.1 Å². The van der Waals surface area contributed by atoms with Crippen LogP contribution in [0.3, 0.4) is 0 Å². The van der Waals surface area contributed by atoms with Gasteiger partial charge in [-0.05, 0) is 38.0 Å². The standard InChI is InChI=1S/C19H23FN4O3/c1-4-15(26)23-11-5-12(25)8-24(7-11)18-14(20)6-13(19(21)27)17-16(18)9(2)10(3)22-17/h4,6,11-12,22,25H,1,5,7-8H2,2-3H3,(H2,21,27)(H,23,26)/t11-,12-/m0/s1. The second-order valence-electron chi connectivity index (χ2n) is 6.95. The highest BCUT2D eigenvalue weighted by Gasteiger charge is 2.31. The maximum Gasteiger partial charge on any atom is 0.250 e. The molecule has 2 amide bonds. The number of H-pyrrole nitrogens is 1. The SMILES string of the molecule is C=CC(=O)N[C@H]1C[C@H](O)CN(c2c(F)cc(C(N)=O)c3[nH]c(C)c(C)c23)C1. The molecule has 0 aliphatic carbocycles. The van der Waals surface area contributed by atoms with Crippen molar-refractivity contribution in [1.29, 1.82) is 0 Å². The highest BCUT2D eigenvalue weighted by atomic mass is 19.1. The number of aliphatic hydroxyl groups excluding tert-OH is 1.